The van der Waals surface area contributed by atoms with Gasteiger partial charge in [0.25, 0.3) is 0 Å². The van der Waals surface area contributed by atoms with E-state index >= 15 is 0 Å². The summed E-state index contributed by atoms with van der Waals surface area (Å²) in [6, 6.07) is 6.79. The summed E-state index contributed by atoms with van der Waals surface area (Å²) in [6.45, 7) is 3.29. The van der Waals surface area contributed by atoms with Gasteiger partial charge in [0.15, 0.2) is 0 Å². The molecule has 1 N–H and O–H groups in total. The first-order valence-corrected chi connectivity index (χ1v) is 5.70. The third-order valence-electron chi connectivity index (χ3n) is 2.83. The summed E-state index contributed by atoms with van der Waals surface area (Å²) in [6.07, 6.45) is 3.59. The van der Waals surface area contributed by atoms with Crippen molar-refractivity contribution in [2.45, 2.75) is 32.2 Å². The predicted octanol–water partition coefficient (Wildman–Crippen LogP) is 3.33. The van der Waals surface area contributed by atoms with Crippen LogP contribution in [0.15, 0.2) is 18.2 Å². The van der Waals surface area contributed by atoms with Crippen molar-refractivity contribution in [3.63, 3.8) is 0 Å². The molecule has 1 aromatic carbocycles. The van der Waals surface area contributed by atoms with Gasteiger partial charge in [0.05, 0.1) is 0 Å². The molecule has 1 unspecified atom stereocenters. The Bertz CT molecular complexity index is 322. The summed E-state index contributed by atoms with van der Waals surface area (Å²) < 4.78 is 0. The molecule has 0 fully saturated rings. The van der Waals surface area contributed by atoms with Gasteiger partial charge in [-0.25, -0.2) is 0 Å². The highest BCUT2D eigenvalue weighted by Crippen LogP contribution is 2.32. The molecular weight excluding hydrogens is 194 g/mol. The number of halogens is 1. The number of fused-ring (bicyclic) bond motifs is 1. The maximum absolute atomic E-state index is 5.99. The van der Waals surface area contributed by atoms with Gasteiger partial charge in [-0.05, 0) is 49.1 Å². The lowest BCUT2D eigenvalue weighted by Gasteiger charge is -2.13. The van der Waals surface area contributed by atoms with Crippen LogP contribution >= 0.6 is 11.6 Å². The van der Waals surface area contributed by atoms with E-state index in [0.717, 1.165) is 11.6 Å². The smallest absolute Gasteiger partial charge is 0.0409 e. The standard InChI is InChI=1S/C12H16ClN/c1-2-7-14-12-6-4-9-3-5-10(13)8-11(9)12/h3,5,8,12,14H,2,4,6-7H2,1H3. The Balaban J connectivity index is 2.16. The third kappa shape index (κ3) is 1.94. The van der Waals surface area contributed by atoms with Crippen LogP contribution in [0.3, 0.4) is 0 Å². The number of hydrogen-bond donors (Lipinski definition) is 1. The van der Waals surface area contributed by atoms with Crippen LogP contribution in [0.5, 0.6) is 0 Å². The highest BCUT2D eigenvalue weighted by atomic mass is 35.5. The average molecular weight is 210 g/mol. The topological polar surface area (TPSA) is 12.0 Å². The highest BCUT2D eigenvalue weighted by molar-refractivity contribution is 6.30. The number of hydrogen-bond acceptors (Lipinski definition) is 1. The minimum absolute atomic E-state index is 0.531. The molecule has 0 saturated carbocycles. The summed E-state index contributed by atoms with van der Waals surface area (Å²) >= 11 is 5.99. The molecule has 14 heavy (non-hydrogen) atoms. The van der Waals surface area contributed by atoms with Crippen LogP contribution in [0.25, 0.3) is 0 Å². The quantitative estimate of drug-likeness (QED) is 0.806. The maximum Gasteiger partial charge on any atom is 0.0409 e. The van der Waals surface area contributed by atoms with E-state index in [4.69, 9.17) is 11.6 Å². The first-order valence-electron chi connectivity index (χ1n) is 5.33. The van der Waals surface area contributed by atoms with E-state index in [-0.39, 0.29) is 0 Å². The molecule has 1 nitrogen and oxygen atoms in total. The molecule has 0 saturated heterocycles. The molecular formula is C12H16ClN. The molecule has 0 bridgehead atoms. The van der Waals surface area contributed by atoms with E-state index in [9.17, 15) is 0 Å². The lowest BCUT2D eigenvalue weighted by Crippen LogP contribution is -2.19. The molecule has 0 spiro atoms. The summed E-state index contributed by atoms with van der Waals surface area (Å²) in [4.78, 5) is 0. The minimum atomic E-state index is 0.531. The Morgan fingerprint density at radius 3 is 3.14 bits per heavy atom. The second-order valence-corrected chi connectivity index (χ2v) is 4.32. The van der Waals surface area contributed by atoms with E-state index in [1.807, 2.05) is 6.07 Å². The Morgan fingerprint density at radius 2 is 2.36 bits per heavy atom. The zero-order valence-corrected chi connectivity index (χ0v) is 9.27. The number of benzene rings is 1. The van der Waals surface area contributed by atoms with Crippen LogP contribution in [0, 0.1) is 0 Å². The molecule has 1 aromatic rings. The Labute approximate surface area is 90.5 Å². The van der Waals surface area contributed by atoms with Gasteiger partial charge in [-0.3, -0.25) is 0 Å². The summed E-state index contributed by atoms with van der Waals surface area (Å²) in [5.74, 6) is 0. The van der Waals surface area contributed by atoms with E-state index in [0.29, 0.717) is 6.04 Å². The Kier molecular flexibility index (Phi) is 3.09. The number of aryl methyl sites for hydroxylation is 1. The molecule has 0 radical (unpaired) electrons. The van der Waals surface area contributed by atoms with Crippen LogP contribution in [-0.2, 0) is 6.42 Å². The zero-order valence-electron chi connectivity index (χ0n) is 8.52. The third-order valence-corrected chi connectivity index (χ3v) is 3.06. The van der Waals surface area contributed by atoms with Crippen molar-refractivity contribution in [2.24, 2.45) is 0 Å². The normalized spacial score (nSPS) is 19.7. The first kappa shape index (κ1) is 10.0. The van der Waals surface area contributed by atoms with Gasteiger partial charge in [-0.1, -0.05) is 24.6 Å². The van der Waals surface area contributed by atoms with Gasteiger partial charge in [0.1, 0.15) is 0 Å². The Hall–Kier alpha value is -0.530. The average Bonchev–Trinajstić information content (AvgIpc) is 2.57. The van der Waals surface area contributed by atoms with E-state index in [2.05, 4.69) is 24.4 Å². The number of nitrogens with one attached hydrogen (secondary N) is 1. The molecule has 1 aliphatic rings. The summed E-state index contributed by atoms with van der Waals surface area (Å²) in [5.41, 5.74) is 2.87. The molecule has 2 heteroatoms. The van der Waals surface area contributed by atoms with Crippen LogP contribution in [0.4, 0.5) is 0 Å². The molecule has 0 aromatic heterocycles. The lowest BCUT2D eigenvalue weighted by atomic mass is 10.1. The van der Waals surface area contributed by atoms with E-state index in [1.165, 1.54) is 30.4 Å². The van der Waals surface area contributed by atoms with Crippen molar-refractivity contribution in [2.75, 3.05) is 6.54 Å². The van der Waals surface area contributed by atoms with E-state index < -0.39 is 0 Å². The highest BCUT2D eigenvalue weighted by Gasteiger charge is 2.21. The lowest BCUT2D eigenvalue weighted by molar-refractivity contribution is 0.529. The van der Waals surface area contributed by atoms with E-state index in [1.54, 1.807) is 0 Å². The van der Waals surface area contributed by atoms with Gasteiger partial charge in [0, 0.05) is 11.1 Å². The van der Waals surface area contributed by atoms with Crippen molar-refractivity contribution < 1.29 is 0 Å². The zero-order chi connectivity index (χ0) is 9.97. The molecule has 0 heterocycles. The monoisotopic (exact) mass is 209 g/mol. The molecule has 0 aliphatic heterocycles. The largest absolute Gasteiger partial charge is 0.310 e. The number of rotatable bonds is 3. The SMILES string of the molecule is CCCNC1CCc2ccc(Cl)cc21. The fraction of sp³-hybridized carbons (Fsp3) is 0.500. The van der Waals surface area contributed by atoms with Crippen LogP contribution in [-0.4, -0.2) is 6.54 Å². The predicted molar refractivity (Wildman–Crippen MR) is 60.8 cm³/mol. The van der Waals surface area contributed by atoms with Gasteiger partial charge < -0.3 is 5.32 Å². The van der Waals surface area contributed by atoms with Crippen molar-refractivity contribution in [1.29, 1.82) is 0 Å². The maximum atomic E-state index is 5.99. The van der Waals surface area contributed by atoms with Gasteiger partial charge >= 0.3 is 0 Å². The summed E-state index contributed by atoms with van der Waals surface area (Å²) in [5, 5.41) is 4.41. The Morgan fingerprint density at radius 1 is 1.50 bits per heavy atom. The second-order valence-electron chi connectivity index (χ2n) is 3.89. The molecule has 76 valence electrons. The fourth-order valence-electron chi connectivity index (χ4n) is 2.10. The van der Waals surface area contributed by atoms with Crippen molar-refractivity contribution in [3.8, 4) is 0 Å². The first-order chi connectivity index (χ1) is 6.81. The van der Waals surface area contributed by atoms with Crippen molar-refractivity contribution in [1.82, 2.24) is 5.32 Å². The van der Waals surface area contributed by atoms with Crippen LogP contribution in [0.1, 0.15) is 36.9 Å². The van der Waals surface area contributed by atoms with Crippen molar-refractivity contribution in [3.05, 3.63) is 34.3 Å². The van der Waals surface area contributed by atoms with Crippen molar-refractivity contribution >= 4 is 11.6 Å². The molecule has 1 aliphatic carbocycles. The molecule has 0 amide bonds. The summed E-state index contributed by atoms with van der Waals surface area (Å²) in [7, 11) is 0. The second kappa shape index (κ2) is 4.33. The fourth-order valence-corrected chi connectivity index (χ4v) is 2.28. The molecule has 2 rings (SSSR count). The van der Waals surface area contributed by atoms with Gasteiger partial charge in [0.2, 0.25) is 0 Å². The minimum Gasteiger partial charge on any atom is -0.310 e. The van der Waals surface area contributed by atoms with Gasteiger partial charge in [-0.2, -0.15) is 0 Å². The van der Waals surface area contributed by atoms with Crippen LogP contribution < -0.4 is 5.32 Å². The molecule has 1 atom stereocenters. The van der Waals surface area contributed by atoms with Gasteiger partial charge in [-0.15, -0.1) is 0 Å². The van der Waals surface area contributed by atoms with Crippen LogP contribution in [0.2, 0.25) is 5.02 Å².